The maximum absolute atomic E-state index is 4.35. The van der Waals surface area contributed by atoms with Crippen LogP contribution in [0.15, 0.2) is 24.4 Å². The third-order valence-corrected chi connectivity index (χ3v) is 4.31. The van der Waals surface area contributed by atoms with Gasteiger partial charge in [-0.15, -0.1) is 0 Å². The van der Waals surface area contributed by atoms with E-state index in [0.717, 1.165) is 19.0 Å². The van der Waals surface area contributed by atoms with Gasteiger partial charge in [-0.3, -0.25) is 4.68 Å². The second-order valence-electron chi connectivity index (χ2n) is 6.49. The molecule has 0 fully saturated rings. The molecule has 0 N–H and O–H groups in total. The van der Waals surface area contributed by atoms with E-state index >= 15 is 0 Å². The molecule has 0 saturated carbocycles. The fraction of sp³-hybridized carbons (Fsp3) is 0.611. The number of hydrogen-bond donors (Lipinski definition) is 0. The minimum Gasteiger partial charge on any atom is -0.371 e. The summed E-state index contributed by atoms with van der Waals surface area (Å²) in [5.41, 5.74) is 2.53. The van der Waals surface area contributed by atoms with Crippen molar-refractivity contribution in [2.45, 2.75) is 40.5 Å². The Bertz CT molecular complexity index is 567. The van der Waals surface area contributed by atoms with Crippen LogP contribution in [0.5, 0.6) is 0 Å². The highest BCUT2D eigenvalue weighted by molar-refractivity contribution is 5.82. The number of anilines is 1. The van der Waals surface area contributed by atoms with Crippen LogP contribution in [0, 0.1) is 11.8 Å². The van der Waals surface area contributed by atoms with Crippen molar-refractivity contribution in [2.24, 2.45) is 18.9 Å². The Morgan fingerprint density at radius 2 is 1.86 bits per heavy atom. The molecule has 0 aliphatic carbocycles. The van der Waals surface area contributed by atoms with Crippen LogP contribution in [0.1, 0.15) is 40.5 Å². The van der Waals surface area contributed by atoms with Crippen molar-refractivity contribution in [2.75, 3.05) is 18.0 Å². The molecule has 0 bridgehead atoms. The molecule has 0 amide bonds. The number of benzene rings is 1. The lowest BCUT2D eigenvalue weighted by atomic mass is 10.0. The topological polar surface area (TPSA) is 21.1 Å². The lowest BCUT2D eigenvalue weighted by Crippen LogP contribution is -2.32. The monoisotopic (exact) mass is 287 g/mol. The minimum absolute atomic E-state index is 0.670. The molecule has 3 heteroatoms. The van der Waals surface area contributed by atoms with Crippen LogP contribution in [-0.2, 0) is 7.05 Å². The number of hydrogen-bond acceptors (Lipinski definition) is 2. The Morgan fingerprint density at radius 1 is 1.14 bits per heavy atom. The molecule has 0 unspecified atom stereocenters. The molecule has 1 aromatic carbocycles. The molecule has 0 atom stereocenters. The first-order chi connectivity index (χ1) is 10.0. The van der Waals surface area contributed by atoms with Crippen LogP contribution < -0.4 is 4.90 Å². The first kappa shape index (κ1) is 15.9. The van der Waals surface area contributed by atoms with Gasteiger partial charge < -0.3 is 4.90 Å². The normalized spacial score (nSPS) is 11.8. The van der Waals surface area contributed by atoms with Gasteiger partial charge in [-0.2, -0.15) is 5.10 Å². The molecule has 0 spiro atoms. The maximum Gasteiger partial charge on any atom is 0.0680 e. The molecule has 0 radical (unpaired) electrons. The van der Waals surface area contributed by atoms with Crippen LogP contribution in [0.4, 0.5) is 5.69 Å². The van der Waals surface area contributed by atoms with Crippen molar-refractivity contribution in [3.05, 3.63) is 24.4 Å². The van der Waals surface area contributed by atoms with E-state index in [1.165, 1.54) is 29.4 Å². The lowest BCUT2D eigenvalue weighted by Gasteiger charge is -2.30. The van der Waals surface area contributed by atoms with E-state index in [9.17, 15) is 0 Å². The summed E-state index contributed by atoms with van der Waals surface area (Å²) in [5, 5.41) is 5.58. The lowest BCUT2D eigenvalue weighted by molar-refractivity contribution is 0.467. The molecular formula is C18H29N3. The first-order valence-corrected chi connectivity index (χ1v) is 8.21. The van der Waals surface area contributed by atoms with Crippen LogP contribution in [0.25, 0.3) is 10.9 Å². The SMILES string of the molecule is CCC(CC)CN(CC(C)C)c1ccc2c(cnn2C)c1. The number of fused-ring (bicyclic) bond motifs is 1. The summed E-state index contributed by atoms with van der Waals surface area (Å²) in [7, 11) is 2.00. The summed E-state index contributed by atoms with van der Waals surface area (Å²) in [6.45, 7) is 11.4. The Labute approximate surface area is 128 Å². The quantitative estimate of drug-likeness (QED) is 0.749. The van der Waals surface area contributed by atoms with Crippen molar-refractivity contribution >= 4 is 16.6 Å². The van der Waals surface area contributed by atoms with Gasteiger partial charge in [0.05, 0.1) is 11.7 Å². The third kappa shape index (κ3) is 3.78. The molecule has 0 aliphatic heterocycles. The predicted molar refractivity (Wildman–Crippen MR) is 91.8 cm³/mol. The van der Waals surface area contributed by atoms with Crippen molar-refractivity contribution in [1.29, 1.82) is 0 Å². The predicted octanol–water partition coefficient (Wildman–Crippen LogP) is 4.47. The fourth-order valence-electron chi connectivity index (χ4n) is 2.93. The second-order valence-corrected chi connectivity index (χ2v) is 6.49. The molecular weight excluding hydrogens is 258 g/mol. The highest BCUT2D eigenvalue weighted by Gasteiger charge is 2.14. The molecule has 3 nitrogen and oxygen atoms in total. The fourth-order valence-corrected chi connectivity index (χ4v) is 2.93. The highest BCUT2D eigenvalue weighted by atomic mass is 15.2. The number of nitrogens with zero attached hydrogens (tertiary/aromatic N) is 3. The zero-order valence-corrected chi connectivity index (χ0v) is 14.1. The molecule has 1 heterocycles. The van der Waals surface area contributed by atoms with E-state index in [1.54, 1.807) is 0 Å². The van der Waals surface area contributed by atoms with Gasteiger partial charge in [0.1, 0.15) is 0 Å². The third-order valence-electron chi connectivity index (χ3n) is 4.31. The van der Waals surface area contributed by atoms with Crippen molar-refractivity contribution in [3.63, 3.8) is 0 Å². The van der Waals surface area contributed by atoms with Crippen molar-refractivity contribution in [1.82, 2.24) is 9.78 Å². The van der Waals surface area contributed by atoms with Crippen LogP contribution >= 0.6 is 0 Å². The van der Waals surface area contributed by atoms with E-state index in [-0.39, 0.29) is 0 Å². The molecule has 2 rings (SSSR count). The second kappa shape index (κ2) is 6.97. The Kier molecular flexibility index (Phi) is 5.27. The van der Waals surface area contributed by atoms with Crippen LogP contribution in [0.3, 0.4) is 0 Å². The highest BCUT2D eigenvalue weighted by Crippen LogP contribution is 2.24. The number of aryl methyl sites for hydroxylation is 1. The molecule has 116 valence electrons. The van der Waals surface area contributed by atoms with E-state index in [2.05, 4.69) is 55.9 Å². The molecule has 0 aliphatic rings. The van der Waals surface area contributed by atoms with Gasteiger partial charge >= 0.3 is 0 Å². The minimum atomic E-state index is 0.670. The van der Waals surface area contributed by atoms with Gasteiger partial charge in [0, 0.05) is 31.2 Å². The van der Waals surface area contributed by atoms with E-state index < -0.39 is 0 Å². The standard InChI is InChI=1S/C18H29N3/c1-6-15(7-2)13-21(12-14(3)4)17-8-9-18-16(10-17)11-19-20(18)5/h8-11,14-15H,6-7,12-13H2,1-5H3. The van der Waals surface area contributed by atoms with Crippen molar-refractivity contribution in [3.8, 4) is 0 Å². The average Bonchev–Trinajstić information content (AvgIpc) is 2.84. The summed E-state index contributed by atoms with van der Waals surface area (Å²) in [6.07, 6.45) is 4.46. The average molecular weight is 287 g/mol. The maximum atomic E-state index is 4.35. The smallest absolute Gasteiger partial charge is 0.0680 e. The first-order valence-electron chi connectivity index (χ1n) is 8.21. The Morgan fingerprint density at radius 3 is 2.48 bits per heavy atom. The van der Waals surface area contributed by atoms with E-state index in [0.29, 0.717) is 5.92 Å². The van der Waals surface area contributed by atoms with Gasteiger partial charge in [-0.05, 0) is 30.0 Å². The van der Waals surface area contributed by atoms with Gasteiger partial charge in [0.25, 0.3) is 0 Å². The molecule has 1 aromatic heterocycles. The molecule has 21 heavy (non-hydrogen) atoms. The van der Waals surface area contributed by atoms with E-state index in [4.69, 9.17) is 0 Å². The Hall–Kier alpha value is -1.51. The van der Waals surface area contributed by atoms with Crippen LogP contribution in [0.2, 0.25) is 0 Å². The number of rotatable bonds is 7. The summed E-state index contributed by atoms with van der Waals surface area (Å²) >= 11 is 0. The van der Waals surface area contributed by atoms with Crippen LogP contribution in [-0.4, -0.2) is 22.9 Å². The summed E-state index contributed by atoms with van der Waals surface area (Å²) in [6, 6.07) is 6.72. The Balaban J connectivity index is 2.28. The summed E-state index contributed by atoms with van der Waals surface area (Å²) < 4.78 is 1.94. The zero-order chi connectivity index (χ0) is 15.4. The number of aromatic nitrogens is 2. The summed E-state index contributed by atoms with van der Waals surface area (Å²) in [5.74, 6) is 1.44. The molecule has 0 saturated heterocycles. The van der Waals surface area contributed by atoms with Gasteiger partial charge in [-0.25, -0.2) is 0 Å². The van der Waals surface area contributed by atoms with Gasteiger partial charge in [0.2, 0.25) is 0 Å². The zero-order valence-electron chi connectivity index (χ0n) is 14.1. The molecule has 2 aromatic rings. The largest absolute Gasteiger partial charge is 0.371 e. The van der Waals surface area contributed by atoms with E-state index in [1.807, 2.05) is 17.9 Å². The summed E-state index contributed by atoms with van der Waals surface area (Å²) in [4.78, 5) is 2.55. The van der Waals surface area contributed by atoms with Gasteiger partial charge in [-0.1, -0.05) is 40.5 Å². The van der Waals surface area contributed by atoms with Gasteiger partial charge in [0.15, 0.2) is 0 Å². The van der Waals surface area contributed by atoms with Crippen molar-refractivity contribution < 1.29 is 0 Å².